The largest absolute Gasteiger partial charge is 0.488 e. The Kier molecular flexibility index (Phi) is 2.44. The minimum atomic E-state index is 0.183. The van der Waals surface area contributed by atoms with Crippen LogP contribution >= 0.6 is 0 Å². The van der Waals surface area contributed by atoms with Crippen LogP contribution in [0.2, 0.25) is 0 Å². The van der Waals surface area contributed by atoms with Gasteiger partial charge in [0.25, 0.3) is 0 Å². The minimum absolute atomic E-state index is 0.183. The molecule has 18 heavy (non-hydrogen) atoms. The molecule has 0 saturated heterocycles. The number of ether oxygens (including phenoxy) is 1. The Labute approximate surface area is 108 Å². The Hall–Kier alpha value is -1.76. The molecule has 0 saturated carbocycles. The lowest BCUT2D eigenvalue weighted by molar-refractivity contribution is 0.302. The van der Waals surface area contributed by atoms with Gasteiger partial charge >= 0.3 is 0 Å². The quantitative estimate of drug-likeness (QED) is 0.654. The third-order valence-corrected chi connectivity index (χ3v) is 3.54. The van der Waals surface area contributed by atoms with Gasteiger partial charge in [-0.15, -0.1) is 0 Å². The van der Waals surface area contributed by atoms with Crippen molar-refractivity contribution in [1.82, 2.24) is 0 Å². The molecule has 2 aromatic carbocycles. The second-order valence-electron chi connectivity index (χ2n) is 5.91. The van der Waals surface area contributed by atoms with Gasteiger partial charge < -0.3 is 4.74 Å². The topological polar surface area (TPSA) is 9.23 Å². The second kappa shape index (κ2) is 3.88. The molecule has 0 fully saturated rings. The molecule has 0 spiro atoms. The molecule has 0 amide bonds. The Balaban J connectivity index is 2.19. The van der Waals surface area contributed by atoms with Crippen molar-refractivity contribution >= 4 is 0 Å². The maximum Gasteiger partial charge on any atom is 0.127 e. The fraction of sp³-hybridized carbons (Fsp3) is 0.294. The van der Waals surface area contributed by atoms with E-state index >= 15 is 0 Å². The van der Waals surface area contributed by atoms with E-state index in [0.717, 1.165) is 5.75 Å². The van der Waals surface area contributed by atoms with Gasteiger partial charge in [-0.1, -0.05) is 57.2 Å². The van der Waals surface area contributed by atoms with Crippen LogP contribution in [0.15, 0.2) is 42.5 Å². The minimum Gasteiger partial charge on any atom is -0.488 e. The normalized spacial score (nSPS) is 13.5. The molecule has 0 unspecified atom stereocenters. The summed E-state index contributed by atoms with van der Waals surface area (Å²) in [5, 5.41) is 0. The molecular formula is C17H18O. The molecule has 1 nitrogen and oxygen atoms in total. The number of benzene rings is 2. The SMILES string of the molecule is CC(C)(C)c1ccc2c(c1)-c1ccccc1OC2. The fourth-order valence-corrected chi connectivity index (χ4v) is 2.39. The number of hydrogen-bond donors (Lipinski definition) is 0. The van der Waals surface area contributed by atoms with Crippen molar-refractivity contribution in [1.29, 1.82) is 0 Å². The van der Waals surface area contributed by atoms with Gasteiger partial charge in [0.05, 0.1) is 0 Å². The van der Waals surface area contributed by atoms with Gasteiger partial charge in [0.15, 0.2) is 0 Å². The summed E-state index contributed by atoms with van der Waals surface area (Å²) < 4.78 is 5.78. The summed E-state index contributed by atoms with van der Waals surface area (Å²) in [6, 6.07) is 15.0. The first-order valence-electron chi connectivity index (χ1n) is 6.41. The van der Waals surface area contributed by atoms with Crippen LogP contribution in [0.1, 0.15) is 31.9 Å². The van der Waals surface area contributed by atoms with Gasteiger partial charge in [-0.25, -0.2) is 0 Å². The van der Waals surface area contributed by atoms with Crippen LogP contribution in [-0.4, -0.2) is 0 Å². The summed E-state index contributed by atoms with van der Waals surface area (Å²) in [4.78, 5) is 0. The van der Waals surface area contributed by atoms with Crippen LogP contribution in [0.3, 0.4) is 0 Å². The average Bonchev–Trinajstić information content (AvgIpc) is 2.37. The van der Waals surface area contributed by atoms with E-state index in [1.165, 1.54) is 22.3 Å². The molecule has 1 aliphatic heterocycles. The van der Waals surface area contributed by atoms with Gasteiger partial charge in [0.2, 0.25) is 0 Å². The van der Waals surface area contributed by atoms with Gasteiger partial charge in [0, 0.05) is 5.56 Å². The lowest BCUT2D eigenvalue weighted by Crippen LogP contribution is -2.13. The van der Waals surface area contributed by atoms with Crippen molar-refractivity contribution in [2.75, 3.05) is 0 Å². The van der Waals surface area contributed by atoms with Gasteiger partial charge in [-0.2, -0.15) is 0 Å². The number of rotatable bonds is 0. The van der Waals surface area contributed by atoms with Crippen LogP contribution in [0.25, 0.3) is 11.1 Å². The first-order valence-corrected chi connectivity index (χ1v) is 6.41. The van der Waals surface area contributed by atoms with E-state index in [1.807, 2.05) is 12.1 Å². The van der Waals surface area contributed by atoms with E-state index in [0.29, 0.717) is 6.61 Å². The summed E-state index contributed by atoms with van der Waals surface area (Å²) in [6.07, 6.45) is 0. The smallest absolute Gasteiger partial charge is 0.127 e. The molecule has 1 heteroatoms. The molecule has 0 aliphatic carbocycles. The van der Waals surface area contributed by atoms with Crippen molar-refractivity contribution < 1.29 is 4.74 Å². The van der Waals surface area contributed by atoms with E-state index < -0.39 is 0 Å². The third kappa shape index (κ3) is 1.80. The highest BCUT2D eigenvalue weighted by atomic mass is 16.5. The fourth-order valence-electron chi connectivity index (χ4n) is 2.39. The van der Waals surface area contributed by atoms with Crippen molar-refractivity contribution in [3.8, 4) is 16.9 Å². The Morgan fingerprint density at radius 1 is 0.944 bits per heavy atom. The summed E-state index contributed by atoms with van der Waals surface area (Å²) in [6.45, 7) is 7.43. The van der Waals surface area contributed by atoms with Crippen molar-refractivity contribution in [3.63, 3.8) is 0 Å². The van der Waals surface area contributed by atoms with Crippen LogP contribution in [0.4, 0.5) is 0 Å². The summed E-state index contributed by atoms with van der Waals surface area (Å²) >= 11 is 0. The summed E-state index contributed by atoms with van der Waals surface area (Å²) in [7, 11) is 0. The number of fused-ring (bicyclic) bond motifs is 3. The maximum absolute atomic E-state index is 5.78. The molecule has 0 aromatic heterocycles. The highest BCUT2D eigenvalue weighted by Gasteiger charge is 2.20. The highest BCUT2D eigenvalue weighted by molar-refractivity contribution is 5.75. The monoisotopic (exact) mass is 238 g/mol. The second-order valence-corrected chi connectivity index (χ2v) is 5.91. The Bertz CT molecular complexity index is 591. The zero-order valence-electron chi connectivity index (χ0n) is 11.2. The lowest BCUT2D eigenvalue weighted by Gasteiger charge is -2.25. The van der Waals surface area contributed by atoms with Crippen LogP contribution < -0.4 is 4.74 Å². The predicted octanol–water partition coefficient (Wildman–Crippen LogP) is 4.54. The molecule has 0 radical (unpaired) electrons. The highest BCUT2D eigenvalue weighted by Crippen LogP contribution is 2.39. The summed E-state index contributed by atoms with van der Waals surface area (Å²) in [5.41, 5.74) is 5.37. The zero-order valence-corrected chi connectivity index (χ0v) is 11.2. The molecule has 0 N–H and O–H groups in total. The van der Waals surface area contributed by atoms with Gasteiger partial charge in [0.1, 0.15) is 12.4 Å². The zero-order chi connectivity index (χ0) is 12.8. The van der Waals surface area contributed by atoms with E-state index in [9.17, 15) is 0 Å². The van der Waals surface area contributed by atoms with Gasteiger partial charge in [-0.05, 0) is 28.2 Å². The number of para-hydroxylation sites is 1. The Morgan fingerprint density at radius 3 is 2.50 bits per heavy atom. The lowest BCUT2D eigenvalue weighted by atomic mass is 9.83. The molecule has 2 aromatic rings. The van der Waals surface area contributed by atoms with E-state index in [4.69, 9.17) is 4.74 Å². The predicted molar refractivity (Wildman–Crippen MR) is 74.9 cm³/mol. The van der Waals surface area contributed by atoms with E-state index in [-0.39, 0.29) is 5.41 Å². The van der Waals surface area contributed by atoms with Crippen LogP contribution in [0, 0.1) is 0 Å². The first kappa shape index (κ1) is 11.3. The molecule has 0 atom stereocenters. The van der Waals surface area contributed by atoms with Crippen molar-refractivity contribution in [2.24, 2.45) is 0 Å². The maximum atomic E-state index is 5.78. The molecule has 3 rings (SSSR count). The standard InChI is InChI=1S/C17H18O/c1-17(2,3)13-9-8-12-11-18-16-7-5-4-6-14(16)15(12)10-13/h4-10H,11H2,1-3H3. The van der Waals surface area contributed by atoms with Crippen LogP contribution in [0.5, 0.6) is 5.75 Å². The molecule has 1 heterocycles. The van der Waals surface area contributed by atoms with Gasteiger partial charge in [-0.3, -0.25) is 0 Å². The van der Waals surface area contributed by atoms with Crippen LogP contribution in [-0.2, 0) is 12.0 Å². The average molecular weight is 238 g/mol. The summed E-state index contributed by atoms with van der Waals surface area (Å²) in [5.74, 6) is 0.996. The molecule has 1 aliphatic rings. The number of hydrogen-bond acceptors (Lipinski definition) is 1. The molecular weight excluding hydrogens is 220 g/mol. The van der Waals surface area contributed by atoms with Crippen molar-refractivity contribution in [2.45, 2.75) is 32.8 Å². The first-order chi connectivity index (χ1) is 8.55. The Morgan fingerprint density at radius 2 is 1.72 bits per heavy atom. The molecule has 0 bridgehead atoms. The van der Waals surface area contributed by atoms with E-state index in [2.05, 4.69) is 51.1 Å². The van der Waals surface area contributed by atoms with E-state index in [1.54, 1.807) is 0 Å². The van der Waals surface area contributed by atoms with Crippen molar-refractivity contribution in [3.05, 3.63) is 53.6 Å². The third-order valence-electron chi connectivity index (χ3n) is 3.54. The molecule has 92 valence electrons.